The van der Waals surface area contributed by atoms with Crippen molar-refractivity contribution in [2.24, 2.45) is 0 Å². The van der Waals surface area contributed by atoms with Gasteiger partial charge in [-0.25, -0.2) is 9.07 Å². The number of nitrogens with zero attached hydrogens (tertiary/aromatic N) is 2. The molecular formula is C22H24FN3O. The first-order chi connectivity index (χ1) is 13.2. The van der Waals surface area contributed by atoms with Crippen LogP contribution in [0.25, 0.3) is 16.9 Å². The summed E-state index contributed by atoms with van der Waals surface area (Å²) in [5.74, 6) is -0.499. The third kappa shape index (κ3) is 4.82. The van der Waals surface area contributed by atoms with Gasteiger partial charge in [-0.05, 0) is 36.8 Å². The van der Waals surface area contributed by atoms with Gasteiger partial charge < -0.3 is 5.32 Å². The summed E-state index contributed by atoms with van der Waals surface area (Å²) in [5, 5.41) is 7.56. The molecule has 0 atom stereocenters. The molecular weight excluding hydrogens is 341 g/mol. The Morgan fingerprint density at radius 1 is 1.04 bits per heavy atom. The SMILES string of the molecule is CCCCCCNC(=O)c1cc(-c2ccccc2)nn1-c1ccc(F)cc1. The summed E-state index contributed by atoms with van der Waals surface area (Å²) < 4.78 is 14.9. The largest absolute Gasteiger partial charge is 0.351 e. The van der Waals surface area contributed by atoms with Crippen LogP contribution in [0.2, 0.25) is 0 Å². The van der Waals surface area contributed by atoms with Gasteiger partial charge in [0.15, 0.2) is 0 Å². The average molecular weight is 365 g/mol. The summed E-state index contributed by atoms with van der Waals surface area (Å²) in [7, 11) is 0. The van der Waals surface area contributed by atoms with Crippen molar-refractivity contribution in [3.8, 4) is 16.9 Å². The number of hydrogen-bond donors (Lipinski definition) is 1. The van der Waals surface area contributed by atoms with Crippen molar-refractivity contribution >= 4 is 5.91 Å². The van der Waals surface area contributed by atoms with Gasteiger partial charge in [-0.15, -0.1) is 0 Å². The minimum Gasteiger partial charge on any atom is -0.351 e. The Morgan fingerprint density at radius 2 is 1.78 bits per heavy atom. The maximum Gasteiger partial charge on any atom is 0.270 e. The van der Waals surface area contributed by atoms with Gasteiger partial charge in [0.25, 0.3) is 5.91 Å². The number of halogens is 1. The quantitative estimate of drug-likeness (QED) is 0.572. The van der Waals surface area contributed by atoms with Crippen LogP contribution in [0.5, 0.6) is 0 Å². The summed E-state index contributed by atoms with van der Waals surface area (Å²) in [6.45, 7) is 2.79. The van der Waals surface area contributed by atoms with Crippen molar-refractivity contribution in [2.45, 2.75) is 32.6 Å². The van der Waals surface area contributed by atoms with Crippen LogP contribution in [0.15, 0.2) is 60.7 Å². The van der Waals surface area contributed by atoms with Gasteiger partial charge in [0.2, 0.25) is 0 Å². The molecule has 2 aromatic carbocycles. The van der Waals surface area contributed by atoms with E-state index in [4.69, 9.17) is 0 Å². The van der Waals surface area contributed by atoms with Crippen molar-refractivity contribution in [1.29, 1.82) is 0 Å². The molecule has 0 aliphatic heterocycles. The highest BCUT2D eigenvalue weighted by molar-refractivity contribution is 5.94. The average Bonchev–Trinajstić information content (AvgIpc) is 3.14. The maximum absolute atomic E-state index is 13.3. The summed E-state index contributed by atoms with van der Waals surface area (Å²) in [5.41, 5.74) is 2.72. The van der Waals surface area contributed by atoms with Crippen molar-refractivity contribution < 1.29 is 9.18 Å². The highest BCUT2D eigenvalue weighted by atomic mass is 19.1. The predicted octanol–water partition coefficient (Wildman–Crippen LogP) is 4.99. The van der Waals surface area contributed by atoms with Crippen LogP contribution in [0, 0.1) is 5.82 Å². The first-order valence-electron chi connectivity index (χ1n) is 9.38. The van der Waals surface area contributed by atoms with E-state index in [-0.39, 0.29) is 11.7 Å². The van der Waals surface area contributed by atoms with Gasteiger partial charge in [0.05, 0.1) is 11.4 Å². The van der Waals surface area contributed by atoms with E-state index >= 15 is 0 Å². The smallest absolute Gasteiger partial charge is 0.270 e. The van der Waals surface area contributed by atoms with Gasteiger partial charge in [-0.1, -0.05) is 56.5 Å². The summed E-state index contributed by atoms with van der Waals surface area (Å²) in [6.07, 6.45) is 4.38. The van der Waals surface area contributed by atoms with Crippen LogP contribution in [-0.4, -0.2) is 22.2 Å². The number of benzene rings is 2. The normalized spacial score (nSPS) is 10.7. The molecule has 1 N–H and O–H groups in total. The van der Waals surface area contributed by atoms with Gasteiger partial charge in [-0.2, -0.15) is 5.10 Å². The van der Waals surface area contributed by atoms with E-state index in [0.29, 0.717) is 23.6 Å². The molecule has 1 heterocycles. The lowest BCUT2D eigenvalue weighted by atomic mass is 10.1. The highest BCUT2D eigenvalue weighted by Gasteiger charge is 2.17. The molecule has 27 heavy (non-hydrogen) atoms. The fourth-order valence-corrected chi connectivity index (χ4v) is 2.92. The number of amides is 1. The van der Waals surface area contributed by atoms with Crippen molar-refractivity contribution in [2.75, 3.05) is 6.54 Å². The van der Waals surface area contributed by atoms with E-state index in [1.807, 2.05) is 30.3 Å². The zero-order chi connectivity index (χ0) is 19.1. The molecule has 0 fully saturated rings. The molecule has 0 saturated heterocycles. The predicted molar refractivity (Wildman–Crippen MR) is 105 cm³/mol. The van der Waals surface area contributed by atoms with Crippen molar-refractivity contribution in [1.82, 2.24) is 15.1 Å². The second kappa shape index (κ2) is 9.12. The van der Waals surface area contributed by atoms with E-state index in [1.54, 1.807) is 22.9 Å². The molecule has 0 spiro atoms. The molecule has 140 valence electrons. The summed E-state index contributed by atoms with van der Waals surface area (Å²) in [6, 6.07) is 17.4. The Kier molecular flexibility index (Phi) is 6.36. The Labute approximate surface area is 159 Å². The second-order valence-electron chi connectivity index (χ2n) is 6.49. The topological polar surface area (TPSA) is 46.9 Å². The Morgan fingerprint density at radius 3 is 2.48 bits per heavy atom. The van der Waals surface area contributed by atoms with E-state index in [0.717, 1.165) is 24.8 Å². The lowest BCUT2D eigenvalue weighted by Crippen LogP contribution is -2.26. The molecule has 4 nitrogen and oxygen atoms in total. The maximum atomic E-state index is 13.3. The number of aromatic nitrogens is 2. The third-order valence-electron chi connectivity index (χ3n) is 4.40. The van der Waals surface area contributed by atoms with Crippen LogP contribution in [0.3, 0.4) is 0 Å². The number of carbonyl (C=O) groups excluding carboxylic acids is 1. The first kappa shape index (κ1) is 18.8. The minimum atomic E-state index is -0.323. The minimum absolute atomic E-state index is 0.175. The van der Waals surface area contributed by atoms with Crippen LogP contribution in [0.1, 0.15) is 43.1 Å². The summed E-state index contributed by atoms with van der Waals surface area (Å²) >= 11 is 0. The molecule has 0 saturated carbocycles. The van der Waals surface area contributed by atoms with Gasteiger partial charge >= 0.3 is 0 Å². The fraction of sp³-hybridized carbons (Fsp3) is 0.273. The van der Waals surface area contributed by atoms with Crippen LogP contribution >= 0.6 is 0 Å². The fourth-order valence-electron chi connectivity index (χ4n) is 2.92. The molecule has 1 amide bonds. The van der Waals surface area contributed by atoms with Crippen LogP contribution in [-0.2, 0) is 0 Å². The number of unbranched alkanes of at least 4 members (excludes halogenated alkanes) is 3. The Balaban J connectivity index is 1.87. The molecule has 0 bridgehead atoms. The standard InChI is InChI=1S/C22H24FN3O/c1-2-3-4-8-15-24-22(27)21-16-20(17-9-6-5-7-10-17)25-26(21)19-13-11-18(23)12-14-19/h5-7,9-14,16H,2-4,8,15H2,1H3,(H,24,27). The van der Waals surface area contributed by atoms with Crippen LogP contribution < -0.4 is 5.32 Å². The third-order valence-corrected chi connectivity index (χ3v) is 4.40. The Bertz CT molecular complexity index is 872. The van der Waals surface area contributed by atoms with Gasteiger partial charge in [-0.3, -0.25) is 4.79 Å². The van der Waals surface area contributed by atoms with Crippen LogP contribution in [0.4, 0.5) is 4.39 Å². The Hall–Kier alpha value is -2.95. The monoisotopic (exact) mass is 365 g/mol. The molecule has 0 aliphatic rings. The molecule has 3 rings (SSSR count). The molecule has 3 aromatic rings. The number of hydrogen-bond acceptors (Lipinski definition) is 2. The molecule has 0 radical (unpaired) electrons. The number of rotatable bonds is 8. The second-order valence-corrected chi connectivity index (χ2v) is 6.49. The lowest BCUT2D eigenvalue weighted by molar-refractivity contribution is 0.0945. The van der Waals surface area contributed by atoms with Crippen molar-refractivity contribution in [3.63, 3.8) is 0 Å². The number of nitrogens with one attached hydrogen (secondary N) is 1. The van der Waals surface area contributed by atoms with Gasteiger partial charge in [0.1, 0.15) is 11.5 Å². The molecule has 5 heteroatoms. The lowest BCUT2D eigenvalue weighted by Gasteiger charge is -2.08. The number of carbonyl (C=O) groups is 1. The van der Waals surface area contributed by atoms with Crippen molar-refractivity contribution in [3.05, 3.63) is 72.2 Å². The first-order valence-corrected chi connectivity index (χ1v) is 9.38. The van der Waals surface area contributed by atoms with Gasteiger partial charge in [0, 0.05) is 12.1 Å². The van der Waals surface area contributed by atoms with E-state index in [9.17, 15) is 9.18 Å². The molecule has 0 unspecified atom stereocenters. The zero-order valence-corrected chi connectivity index (χ0v) is 15.5. The van der Waals surface area contributed by atoms with E-state index in [1.165, 1.54) is 18.6 Å². The van der Waals surface area contributed by atoms with E-state index < -0.39 is 0 Å². The highest BCUT2D eigenvalue weighted by Crippen LogP contribution is 2.22. The zero-order valence-electron chi connectivity index (χ0n) is 15.5. The molecule has 0 aliphatic carbocycles. The van der Waals surface area contributed by atoms with E-state index in [2.05, 4.69) is 17.3 Å². The molecule has 1 aromatic heterocycles. The summed E-state index contributed by atoms with van der Waals surface area (Å²) in [4.78, 5) is 12.7.